The average molecular weight is 234 g/mol. The Balaban J connectivity index is 0.00000169. The van der Waals surface area contributed by atoms with Crippen LogP contribution in [0.2, 0.25) is 0 Å². The molecular weight excluding hydrogens is 229 g/mol. The third kappa shape index (κ3) is 3.03. The van der Waals surface area contributed by atoms with E-state index in [-0.39, 0.29) is 56.9 Å². The van der Waals surface area contributed by atoms with Crippen LogP contribution in [0, 0.1) is 18.6 Å². The summed E-state index contributed by atoms with van der Waals surface area (Å²) in [5.41, 5.74) is -1.98. The number of aryl methyl sites for hydroxylation is 1. The third-order valence-corrected chi connectivity index (χ3v) is 1.65. The summed E-state index contributed by atoms with van der Waals surface area (Å²) in [6.07, 6.45) is 0. The third-order valence-electron chi connectivity index (χ3n) is 1.65. The van der Waals surface area contributed by atoms with Gasteiger partial charge in [-0.3, -0.25) is 0 Å². The zero-order valence-electron chi connectivity index (χ0n) is 7.62. The zero-order chi connectivity index (χ0) is 10.2. The smallest absolute Gasteiger partial charge is 0.445 e. The Morgan fingerprint density at radius 2 is 1.57 bits per heavy atom. The van der Waals surface area contributed by atoms with Gasteiger partial charge in [-0.05, 0) is 24.0 Å². The molecule has 0 aliphatic rings. The Morgan fingerprint density at radius 1 is 1.07 bits per heavy atom. The summed E-state index contributed by atoms with van der Waals surface area (Å²) in [5.74, 6) is -3.08. The molecule has 0 spiro atoms. The molecule has 1 rings (SSSR count). The maximum absolute atomic E-state index is 12.8. The second-order valence-electron chi connectivity index (χ2n) is 2.67. The Labute approximate surface area is 120 Å². The van der Waals surface area contributed by atoms with Crippen molar-refractivity contribution in [2.24, 2.45) is 0 Å². The van der Waals surface area contributed by atoms with E-state index >= 15 is 0 Å². The van der Waals surface area contributed by atoms with Gasteiger partial charge in [0.05, 0.1) is 5.82 Å². The van der Waals surface area contributed by atoms with Gasteiger partial charge in [-0.15, -0.1) is 0 Å². The summed E-state index contributed by atoms with van der Waals surface area (Å²) in [5, 5.41) is 0. The number of halogens is 5. The van der Waals surface area contributed by atoms with Crippen molar-refractivity contribution in [3.8, 4) is 0 Å². The van der Waals surface area contributed by atoms with E-state index < -0.39 is 24.1 Å². The SMILES string of the molecule is Cc1ccc(F)c([B-](F)(F)F)c1F.[K+]. The Hall–Kier alpha value is 0.571. The fourth-order valence-corrected chi connectivity index (χ4v) is 0.978. The van der Waals surface area contributed by atoms with Crippen LogP contribution in [0.3, 0.4) is 0 Å². The van der Waals surface area contributed by atoms with Crippen LogP contribution >= 0.6 is 0 Å². The summed E-state index contributed by atoms with van der Waals surface area (Å²) in [6, 6.07) is 1.58. The van der Waals surface area contributed by atoms with Crippen molar-refractivity contribution in [1.82, 2.24) is 0 Å². The van der Waals surface area contributed by atoms with Crippen LogP contribution < -0.4 is 56.8 Å². The fraction of sp³-hybridized carbons (Fsp3) is 0.143. The minimum Gasteiger partial charge on any atom is -0.445 e. The summed E-state index contributed by atoms with van der Waals surface area (Å²) < 4.78 is 61.6. The first-order chi connectivity index (χ1) is 5.84. The number of benzene rings is 1. The first-order valence-corrected chi connectivity index (χ1v) is 3.48. The van der Waals surface area contributed by atoms with Gasteiger partial charge in [0.2, 0.25) is 0 Å². The van der Waals surface area contributed by atoms with E-state index in [1.807, 2.05) is 0 Å². The molecule has 0 aliphatic heterocycles. The van der Waals surface area contributed by atoms with E-state index in [0.717, 1.165) is 13.0 Å². The van der Waals surface area contributed by atoms with E-state index in [9.17, 15) is 21.7 Å². The molecule has 0 aliphatic carbocycles. The number of rotatable bonds is 1. The molecule has 0 radical (unpaired) electrons. The molecule has 14 heavy (non-hydrogen) atoms. The Morgan fingerprint density at radius 3 is 1.93 bits per heavy atom. The summed E-state index contributed by atoms with van der Waals surface area (Å²) >= 11 is 0. The van der Waals surface area contributed by atoms with Crippen molar-refractivity contribution in [2.75, 3.05) is 0 Å². The molecule has 7 heteroatoms. The zero-order valence-corrected chi connectivity index (χ0v) is 10.7. The quantitative estimate of drug-likeness (QED) is 0.446. The van der Waals surface area contributed by atoms with Gasteiger partial charge in [-0.1, -0.05) is 6.07 Å². The van der Waals surface area contributed by atoms with Crippen LogP contribution in [0.1, 0.15) is 5.56 Å². The van der Waals surface area contributed by atoms with Gasteiger partial charge < -0.3 is 12.9 Å². The minimum absolute atomic E-state index is 0. The van der Waals surface area contributed by atoms with Crippen LogP contribution in [0.25, 0.3) is 0 Å². The van der Waals surface area contributed by atoms with Crippen molar-refractivity contribution >= 4 is 12.4 Å². The summed E-state index contributed by atoms with van der Waals surface area (Å²) in [6.45, 7) is -4.47. The van der Waals surface area contributed by atoms with Crippen molar-refractivity contribution in [3.05, 3.63) is 29.3 Å². The molecule has 0 N–H and O–H groups in total. The van der Waals surface area contributed by atoms with Crippen molar-refractivity contribution in [2.45, 2.75) is 6.92 Å². The van der Waals surface area contributed by atoms with E-state index in [0.29, 0.717) is 6.07 Å². The molecule has 0 aromatic heterocycles. The van der Waals surface area contributed by atoms with Gasteiger partial charge in [0, 0.05) is 0 Å². The summed E-state index contributed by atoms with van der Waals surface area (Å²) in [4.78, 5) is 0. The molecule has 72 valence electrons. The Kier molecular flexibility index (Phi) is 5.28. The normalized spacial score (nSPS) is 11.0. The molecule has 0 saturated heterocycles. The molecule has 0 bridgehead atoms. The van der Waals surface area contributed by atoms with Gasteiger partial charge in [-0.25, -0.2) is 8.78 Å². The van der Waals surface area contributed by atoms with Crippen molar-refractivity contribution in [1.29, 1.82) is 0 Å². The largest absolute Gasteiger partial charge is 1.00 e. The molecule has 0 unspecified atom stereocenters. The van der Waals surface area contributed by atoms with Gasteiger partial charge >= 0.3 is 58.4 Å². The molecule has 0 nitrogen and oxygen atoms in total. The second kappa shape index (κ2) is 5.07. The van der Waals surface area contributed by atoms with E-state index in [1.165, 1.54) is 0 Å². The van der Waals surface area contributed by atoms with Crippen LogP contribution in [0.5, 0.6) is 0 Å². The minimum atomic E-state index is -5.62. The molecular formula is C7H5BF5K. The number of hydrogen-bond acceptors (Lipinski definition) is 0. The molecule has 1 aromatic rings. The molecule has 0 amide bonds. The average Bonchev–Trinajstić information content (AvgIpc) is 1.95. The fourth-order valence-electron chi connectivity index (χ4n) is 0.978. The maximum atomic E-state index is 12.8. The predicted octanol–water partition coefficient (Wildman–Crippen LogP) is -0.668. The van der Waals surface area contributed by atoms with Gasteiger partial charge in [0.15, 0.2) is 0 Å². The van der Waals surface area contributed by atoms with Gasteiger partial charge in [0.1, 0.15) is 5.82 Å². The molecule has 0 atom stereocenters. The maximum Gasteiger partial charge on any atom is 1.00 e. The Bertz CT molecular complexity index is 336. The van der Waals surface area contributed by atoms with Crippen LogP contribution in [0.4, 0.5) is 21.7 Å². The van der Waals surface area contributed by atoms with Crippen molar-refractivity contribution < 1.29 is 73.1 Å². The second-order valence-corrected chi connectivity index (χ2v) is 2.67. The van der Waals surface area contributed by atoms with Crippen molar-refractivity contribution in [3.63, 3.8) is 0 Å². The van der Waals surface area contributed by atoms with E-state index in [2.05, 4.69) is 0 Å². The standard InChI is InChI=1S/C7H5BF5.K/c1-4-2-3-5(9)6(7(4)10)8(11,12)13;/h2-3H,1H3;/q-1;+1. The van der Waals surface area contributed by atoms with Crippen LogP contribution in [-0.4, -0.2) is 6.98 Å². The first kappa shape index (κ1) is 14.6. The van der Waals surface area contributed by atoms with Gasteiger partial charge in [0.25, 0.3) is 0 Å². The number of hydrogen-bond donors (Lipinski definition) is 0. The summed E-state index contributed by atoms with van der Waals surface area (Å²) in [7, 11) is 0. The van der Waals surface area contributed by atoms with E-state index in [1.54, 1.807) is 0 Å². The van der Waals surface area contributed by atoms with E-state index in [4.69, 9.17) is 0 Å². The molecule has 0 saturated carbocycles. The van der Waals surface area contributed by atoms with Gasteiger partial charge in [-0.2, -0.15) is 0 Å². The molecule has 0 fully saturated rings. The van der Waals surface area contributed by atoms with Crippen LogP contribution in [-0.2, 0) is 0 Å². The monoisotopic (exact) mass is 234 g/mol. The molecule has 0 heterocycles. The first-order valence-electron chi connectivity index (χ1n) is 3.48. The predicted molar refractivity (Wildman–Crippen MR) is 39.8 cm³/mol. The van der Waals surface area contributed by atoms with Crippen LogP contribution in [0.15, 0.2) is 12.1 Å². The topological polar surface area (TPSA) is 0 Å². The molecule has 1 aromatic carbocycles.